The minimum atomic E-state index is 0.0475. The van der Waals surface area contributed by atoms with Crippen LogP contribution < -0.4 is 5.73 Å². The van der Waals surface area contributed by atoms with Crippen LogP contribution in [0.3, 0.4) is 0 Å². The average Bonchev–Trinajstić information content (AvgIpc) is 2.12. The highest BCUT2D eigenvalue weighted by molar-refractivity contribution is 5.94. The topological polar surface area (TPSA) is 65.7 Å². The Morgan fingerprint density at radius 3 is 2.88 bits per heavy atom. The average molecular weight is 108 g/mol. The lowest BCUT2D eigenvalue weighted by atomic mass is 10.3. The largest absolute Gasteiger partial charge is 0.384 e. The van der Waals surface area contributed by atoms with Crippen molar-refractivity contribution in [1.29, 1.82) is 5.41 Å². The van der Waals surface area contributed by atoms with Gasteiger partial charge in [0.2, 0.25) is 0 Å². The van der Waals surface area contributed by atoms with Crippen LogP contribution in [0.5, 0.6) is 0 Å². The zero-order valence-electron chi connectivity index (χ0n) is 4.23. The maximum atomic E-state index is 6.88. The molecule has 1 aromatic rings. The van der Waals surface area contributed by atoms with Gasteiger partial charge in [0.15, 0.2) is 0 Å². The number of H-pyrrole nitrogens is 1. The summed E-state index contributed by atoms with van der Waals surface area (Å²) in [5.74, 6) is 0.0475. The predicted molar refractivity (Wildman–Crippen MR) is 30.6 cm³/mol. The Hall–Kier alpha value is -1.25. The van der Waals surface area contributed by atoms with E-state index >= 15 is 0 Å². The summed E-state index contributed by atoms with van der Waals surface area (Å²) in [7, 11) is 0. The number of rotatable bonds is 1. The molecule has 1 rings (SSSR count). The van der Waals surface area contributed by atoms with Gasteiger partial charge in [-0.1, -0.05) is 0 Å². The van der Waals surface area contributed by atoms with Crippen molar-refractivity contribution < 1.29 is 0 Å². The first-order valence-electron chi connectivity index (χ1n) is 2.20. The fourth-order valence-corrected chi connectivity index (χ4v) is 0.443. The zero-order chi connectivity index (χ0) is 5.98. The number of amidine groups is 1. The molecule has 0 saturated carbocycles. The van der Waals surface area contributed by atoms with Crippen LogP contribution in [0.15, 0.2) is 12.3 Å². The van der Waals surface area contributed by atoms with Gasteiger partial charge in [-0.2, -0.15) is 0 Å². The number of hydrogen-bond donors (Lipinski definition) is 3. The quantitative estimate of drug-likeness (QED) is 0.346. The van der Waals surface area contributed by atoms with Crippen LogP contribution in [-0.4, -0.2) is 10.8 Å². The summed E-state index contributed by atoms with van der Waals surface area (Å²) >= 11 is 0. The smallest absolute Gasteiger partial charge is 0.125 e. The maximum absolute atomic E-state index is 6.88. The molecule has 0 bridgehead atoms. The SMILES string of the molecule is N=C(N)c1[c][nH]cc1. The molecule has 0 aromatic carbocycles. The van der Waals surface area contributed by atoms with Crippen molar-refractivity contribution in [2.24, 2.45) is 5.73 Å². The van der Waals surface area contributed by atoms with Crippen molar-refractivity contribution in [2.45, 2.75) is 0 Å². The molecule has 3 nitrogen and oxygen atoms in total. The van der Waals surface area contributed by atoms with Gasteiger partial charge in [0.05, 0.1) is 6.20 Å². The summed E-state index contributed by atoms with van der Waals surface area (Å²) in [6.45, 7) is 0. The number of nitrogen functional groups attached to an aromatic ring is 1. The van der Waals surface area contributed by atoms with E-state index in [4.69, 9.17) is 11.1 Å². The van der Waals surface area contributed by atoms with Crippen molar-refractivity contribution in [2.75, 3.05) is 0 Å². The Morgan fingerprint density at radius 1 is 1.88 bits per heavy atom. The molecule has 8 heavy (non-hydrogen) atoms. The normalized spacial score (nSPS) is 9.00. The minimum absolute atomic E-state index is 0.0475. The van der Waals surface area contributed by atoms with Gasteiger partial charge in [-0.3, -0.25) is 5.41 Å². The second-order valence-corrected chi connectivity index (χ2v) is 1.43. The van der Waals surface area contributed by atoms with Crippen LogP contribution in [0.2, 0.25) is 0 Å². The number of nitrogens with one attached hydrogen (secondary N) is 2. The molecule has 3 heteroatoms. The molecule has 0 fully saturated rings. The van der Waals surface area contributed by atoms with Crippen LogP contribution in [-0.2, 0) is 0 Å². The fourth-order valence-electron chi connectivity index (χ4n) is 0.443. The van der Waals surface area contributed by atoms with E-state index in [0.717, 1.165) is 0 Å². The molecule has 0 amide bonds. The number of aromatic amines is 1. The number of hydrogen-bond acceptors (Lipinski definition) is 1. The van der Waals surface area contributed by atoms with Crippen LogP contribution >= 0.6 is 0 Å². The lowest BCUT2D eigenvalue weighted by Crippen LogP contribution is -2.09. The van der Waals surface area contributed by atoms with E-state index < -0.39 is 0 Å². The molecule has 0 atom stereocenters. The molecule has 0 unspecified atom stereocenters. The van der Waals surface area contributed by atoms with E-state index in [9.17, 15) is 0 Å². The molecule has 4 N–H and O–H groups in total. The van der Waals surface area contributed by atoms with E-state index in [1.54, 1.807) is 12.3 Å². The third-order valence-electron chi connectivity index (χ3n) is 0.830. The summed E-state index contributed by atoms with van der Waals surface area (Å²) in [6.07, 6.45) is 4.34. The van der Waals surface area contributed by atoms with E-state index in [1.165, 1.54) is 0 Å². The Labute approximate surface area is 47.0 Å². The number of aromatic nitrogens is 1. The highest BCUT2D eigenvalue weighted by atomic mass is 14.7. The molecule has 0 aliphatic heterocycles. The summed E-state index contributed by atoms with van der Waals surface area (Å²) in [5, 5.41) is 6.88. The Balaban J connectivity index is 2.93. The van der Waals surface area contributed by atoms with Gasteiger partial charge in [-0.25, -0.2) is 0 Å². The standard InChI is InChI=1S/C5H6N3/c6-5(7)4-1-2-8-3-4/h1-2,8H,(H3,6,7). The first-order valence-corrected chi connectivity index (χ1v) is 2.20. The summed E-state index contributed by atoms with van der Waals surface area (Å²) in [5.41, 5.74) is 5.71. The first kappa shape index (κ1) is 4.90. The molecule has 0 aliphatic rings. The third-order valence-corrected chi connectivity index (χ3v) is 0.830. The predicted octanol–water partition coefficient (Wildman–Crippen LogP) is 0.0990. The molecule has 41 valence electrons. The maximum Gasteiger partial charge on any atom is 0.125 e. The summed E-state index contributed by atoms with van der Waals surface area (Å²) in [6, 6.07) is 1.70. The van der Waals surface area contributed by atoms with Crippen molar-refractivity contribution in [3.8, 4) is 0 Å². The van der Waals surface area contributed by atoms with Gasteiger partial charge in [0.25, 0.3) is 0 Å². The van der Waals surface area contributed by atoms with Crippen molar-refractivity contribution in [1.82, 2.24) is 4.98 Å². The monoisotopic (exact) mass is 108 g/mol. The van der Waals surface area contributed by atoms with Crippen LogP contribution in [0, 0.1) is 11.6 Å². The second-order valence-electron chi connectivity index (χ2n) is 1.43. The van der Waals surface area contributed by atoms with Crippen molar-refractivity contribution >= 4 is 5.84 Å². The van der Waals surface area contributed by atoms with Crippen LogP contribution in [0.25, 0.3) is 0 Å². The van der Waals surface area contributed by atoms with E-state index in [0.29, 0.717) is 5.56 Å². The fraction of sp³-hybridized carbons (Fsp3) is 0. The highest BCUT2D eigenvalue weighted by Crippen LogP contribution is 1.90. The van der Waals surface area contributed by atoms with E-state index in [2.05, 4.69) is 11.2 Å². The Kier molecular flexibility index (Phi) is 1.04. The lowest BCUT2D eigenvalue weighted by molar-refractivity contribution is 1.37. The zero-order valence-corrected chi connectivity index (χ0v) is 4.23. The molecule has 0 saturated heterocycles. The number of nitrogens with two attached hydrogens (primary N) is 1. The molecular weight excluding hydrogens is 102 g/mol. The minimum Gasteiger partial charge on any atom is -0.384 e. The Bertz CT molecular complexity index is 176. The summed E-state index contributed by atoms with van der Waals surface area (Å²) < 4.78 is 0. The van der Waals surface area contributed by atoms with Gasteiger partial charge in [-0.15, -0.1) is 0 Å². The van der Waals surface area contributed by atoms with E-state index in [1.807, 2.05) is 0 Å². The summed E-state index contributed by atoms with van der Waals surface area (Å²) in [4.78, 5) is 2.67. The third kappa shape index (κ3) is 0.703. The molecule has 0 aliphatic carbocycles. The van der Waals surface area contributed by atoms with Crippen molar-refractivity contribution in [3.63, 3.8) is 0 Å². The Morgan fingerprint density at radius 2 is 2.62 bits per heavy atom. The lowest BCUT2D eigenvalue weighted by Gasteiger charge is -1.84. The van der Waals surface area contributed by atoms with Crippen molar-refractivity contribution in [3.05, 3.63) is 24.0 Å². The van der Waals surface area contributed by atoms with Gasteiger partial charge in [0, 0.05) is 11.8 Å². The van der Waals surface area contributed by atoms with Gasteiger partial charge < -0.3 is 10.7 Å². The molecule has 1 aromatic heterocycles. The van der Waals surface area contributed by atoms with Crippen LogP contribution in [0.4, 0.5) is 0 Å². The second kappa shape index (κ2) is 1.69. The van der Waals surface area contributed by atoms with Gasteiger partial charge in [0.1, 0.15) is 5.84 Å². The molecule has 1 radical (unpaired) electrons. The highest BCUT2D eigenvalue weighted by Gasteiger charge is 1.92. The molecular formula is C5H6N3. The molecule has 0 spiro atoms. The van der Waals surface area contributed by atoms with Crippen LogP contribution in [0.1, 0.15) is 5.56 Å². The first-order chi connectivity index (χ1) is 3.80. The van der Waals surface area contributed by atoms with E-state index in [-0.39, 0.29) is 5.84 Å². The van der Waals surface area contributed by atoms with Gasteiger partial charge in [-0.05, 0) is 6.07 Å². The molecule has 1 heterocycles. The van der Waals surface area contributed by atoms with Gasteiger partial charge >= 0.3 is 0 Å².